The van der Waals surface area contributed by atoms with E-state index >= 15 is 0 Å². The minimum Gasteiger partial charge on any atom is -0.517 e. The molecule has 1 aliphatic heterocycles. The number of methoxy groups -OCH3 is 1. The van der Waals surface area contributed by atoms with Gasteiger partial charge in [-0.25, -0.2) is 0 Å². The van der Waals surface area contributed by atoms with Crippen molar-refractivity contribution in [1.29, 1.82) is 0 Å². The average molecular weight is 527 g/mol. The number of hydrogen-bond donors (Lipinski definition) is 1. The summed E-state index contributed by atoms with van der Waals surface area (Å²) in [5, 5.41) is 2.75. The third-order valence-electron chi connectivity index (χ3n) is 3.59. The molecule has 0 bridgehead atoms. The van der Waals surface area contributed by atoms with Crippen molar-refractivity contribution in [3.8, 4) is 0 Å². The standard InChI is InChI=1S/C17H33NO7P.Cs/c1-16(2,9-20-5)11-22-12-17(3,4)10-21-8-14(19)18-6-13-7-23-15(24-13)25-26;/h13,15,26H,6-12H2,1-5H3,(H,18,19);/q-1;+1. The summed E-state index contributed by atoms with van der Waals surface area (Å²) >= 11 is 0. The van der Waals surface area contributed by atoms with E-state index in [2.05, 4.69) is 28.6 Å². The van der Waals surface area contributed by atoms with E-state index in [9.17, 15) is 4.79 Å². The van der Waals surface area contributed by atoms with Gasteiger partial charge in [0.25, 0.3) is 0 Å². The molecular weight excluding hydrogens is 494 g/mol. The van der Waals surface area contributed by atoms with Gasteiger partial charge in [-0.1, -0.05) is 27.7 Å². The van der Waals surface area contributed by atoms with Crippen molar-refractivity contribution in [3.05, 3.63) is 0 Å². The molecule has 1 saturated heterocycles. The van der Waals surface area contributed by atoms with Gasteiger partial charge in [-0.3, -0.25) is 4.79 Å². The molecular formula is C17H33CsNO7P. The molecule has 0 aromatic carbocycles. The summed E-state index contributed by atoms with van der Waals surface area (Å²) in [4.78, 5) is 11.8. The molecule has 0 spiro atoms. The molecule has 0 radical (unpaired) electrons. The van der Waals surface area contributed by atoms with Gasteiger partial charge in [0.15, 0.2) is 0 Å². The molecule has 2 unspecified atom stereocenters. The van der Waals surface area contributed by atoms with Gasteiger partial charge in [-0.15, -0.1) is 0 Å². The fourth-order valence-electron chi connectivity index (χ4n) is 2.37. The van der Waals surface area contributed by atoms with Crippen molar-refractivity contribution in [2.75, 3.05) is 53.3 Å². The Morgan fingerprint density at radius 2 is 1.70 bits per heavy atom. The van der Waals surface area contributed by atoms with E-state index in [1.54, 1.807) is 7.11 Å². The predicted molar refractivity (Wildman–Crippen MR) is 98.1 cm³/mol. The Kier molecular flexibility index (Phi) is 15.6. The SMILES string of the molecule is COCC(C)(C)COCC(C)(C)COCC(=O)NCC1COC(O[PH-])O1.[Cs+]. The van der Waals surface area contributed by atoms with E-state index < -0.39 is 6.48 Å². The van der Waals surface area contributed by atoms with Gasteiger partial charge in [-0.05, 0) is 0 Å². The molecule has 0 aromatic heterocycles. The van der Waals surface area contributed by atoms with Gasteiger partial charge in [0.05, 0.1) is 33.0 Å². The number of nitrogens with one attached hydrogen (secondary N) is 1. The summed E-state index contributed by atoms with van der Waals surface area (Å²) in [6.07, 6.45) is -0.236. The Morgan fingerprint density at radius 1 is 1.11 bits per heavy atom. The minimum absolute atomic E-state index is 0. The molecule has 1 heterocycles. The zero-order valence-electron chi connectivity index (χ0n) is 17.5. The van der Waals surface area contributed by atoms with E-state index in [-0.39, 0.29) is 98.3 Å². The first-order valence-corrected chi connectivity index (χ1v) is 9.09. The molecule has 1 rings (SSSR count). The maximum Gasteiger partial charge on any atom is 1.00 e. The summed E-state index contributed by atoms with van der Waals surface area (Å²) < 4.78 is 31.7. The Balaban J connectivity index is 0.00000676. The molecule has 154 valence electrons. The number of amides is 1. The maximum absolute atomic E-state index is 11.8. The van der Waals surface area contributed by atoms with Gasteiger partial charge in [0, 0.05) is 24.5 Å². The van der Waals surface area contributed by atoms with Crippen molar-refractivity contribution >= 4 is 15.4 Å². The molecule has 8 nitrogen and oxygen atoms in total. The normalized spacial score (nSPS) is 20.4. The summed E-state index contributed by atoms with van der Waals surface area (Å²) in [6, 6.07) is 0. The second-order valence-corrected chi connectivity index (χ2v) is 8.28. The second-order valence-electron chi connectivity index (χ2n) is 8.05. The molecule has 27 heavy (non-hydrogen) atoms. The van der Waals surface area contributed by atoms with Crippen molar-refractivity contribution < 1.29 is 102 Å². The summed E-state index contributed by atoms with van der Waals surface area (Å²) in [5.41, 5.74) is -0.220. The number of carbonyl (C=O) groups is 1. The van der Waals surface area contributed by atoms with Crippen LogP contribution in [0.25, 0.3) is 0 Å². The largest absolute Gasteiger partial charge is 1.00 e. The smallest absolute Gasteiger partial charge is 0.517 e. The number of ether oxygens (including phenoxy) is 5. The molecule has 1 fully saturated rings. The van der Waals surface area contributed by atoms with E-state index in [0.29, 0.717) is 39.6 Å². The quantitative estimate of drug-likeness (QED) is 0.296. The van der Waals surface area contributed by atoms with Crippen molar-refractivity contribution in [2.45, 2.75) is 40.3 Å². The van der Waals surface area contributed by atoms with Crippen molar-refractivity contribution in [2.24, 2.45) is 10.8 Å². The monoisotopic (exact) mass is 527 g/mol. The summed E-state index contributed by atoms with van der Waals surface area (Å²) in [6.45, 7) is 10.4. The van der Waals surface area contributed by atoms with Crippen molar-refractivity contribution in [3.63, 3.8) is 0 Å². The van der Waals surface area contributed by atoms with Crippen LogP contribution in [0.4, 0.5) is 0 Å². The van der Waals surface area contributed by atoms with E-state index in [1.165, 1.54) is 0 Å². The number of carbonyl (C=O) groups excluding carboxylic acids is 1. The Labute approximate surface area is 224 Å². The molecule has 1 aliphatic rings. The minimum atomic E-state index is -0.737. The molecule has 0 aromatic rings. The Hall–Kier alpha value is 1.71. The fraction of sp³-hybridized carbons (Fsp3) is 0.941. The molecule has 0 saturated carbocycles. The van der Waals surface area contributed by atoms with E-state index in [4.69, 9.17) is 28.2 Å². The van der Waals surface area contributed by atoms with Crippen LogP contribution in [0.2, 0.25) is 0 Å². The predicted octanol–water partition coefficient (Wildman–Crippen LogP) is -1.39. The third-order valence-corrected chi connectivity index (χ3v) is 3.78. The van der Waals surface area contributed by atoms with Gasteiger partial charge >= 0.3 is 68.9 Å². The molecule has 1 N–H and O–H groups in total. The van der Waals surface area contributed by atoms with E-state index in [1.807, 2.05) is 13.8 Å². The third kappa shape index (κ3) is 13.6. The van der Waals surface area contributed by atoms with Crippen LogP contribution in [0.5, 0.6) is 0 Å². The van der Waals surface area contributed by atoms with E-state index in [0.717, 1.165) is 0 Å². The van der Waals surface area contributed by atoms with Gasteiger partial charge < -0.3 is 43.0 Å². The van der Waals surface area contributed by atoms with Crippen LogP contribution >= 0.6 is 9.47 Å². The van der Waals surface area contributed by atoms with Crippen LogP contribution in [0, 0.1) is 10.8 Å². The first-order valence-electron chi connectivity index (χ1n) is 8.68. The van der Waals surface area contributed by atoms with Crippen LogP contribution in [-0.2, 0) is 33.0 Å². The number of hydrogen-bond acceptors (Lipinski definition) is 7. The van der Waals surface area contributed by atoms with Crippen molar-refractivity contribution in [1.82, 2.24) is 5.32 Å². The van der Waals surface area contributed by atoms with Crippen LogP contribution in [0.1, 0.15) is 27.7 Å². The molecule has 0 aliphatic carbocycles. The summed E-state index contributed by atoms with van der Waals surface area (Å²) in [7, 11) is 4.53. The van der Waals surface area contributed by atoms with Gasteiger partial charge in [0.1, 0.15) is 12.7 Å². The maximum atomic E-state index is 11.8. The first kappa shape index (κ1) is 28.7. The first-order chi connectivity index (χ1) is 12.2. The topological polar surface area (TPSA) is 84.5 Å². The second kappa shape index (κ2) is 14.7. The van der Waals surface area contributed by atoms with Gasteiger partial charge in [0.2, 0.25) is 12.4 Å². The number of rotatable bonds is 13. The van der Waals surface area contributed by atoms with Crippen LogP contribution in [0.3, 0.4) is 0 Å². The molecule has 1 amide bonds. The van der Waals surface area contributed by atoms with Gasteiger partial charge in [-0.2, -0.15) is 0 Å². The van der Waals surface area contributed by atoms with Crippen LogP contribution in [-0.4, -0.2) is 71.8 Å². The molecule has 10 heteroatoms. The summed E-state index contributed by atoms with van der Waals surface area (Å²) in [5.74, 6) is -0.200. The zero-order valence-corrected chi connectivity index (χ0v) is 24.7. The Morgan fingerprint density at radius 3 is 2.26 bits per heavy atom. The fourth-order valence-corrected chi connectivity index (χ4v) is 2.49. The average Bonchev–Trinajstić information content (AvgIpc) is 3.00. The zero-order chi connectivity index (χ0) is 19.6. The van der Waals surface area contributed by atoms with Crippen LogP contribution in [0.15, 0.2) is 0 Å². The molecule has 2 atom stereocenters. The Bertz CT molecular complexity index is 426. The van der Waals surface area contributed by atoms with Crippen LogP contribution < -0.4 is 74.2 Å².